The van der Waals surface area contributed by atoms with E-state index in [2.05, 4.69) is 32.3 Å². The summed E-state index contributed by atoms with van der Waals surface area (Å²) in [4.78, 5) is 16.0. The number of aliphatic hydroxyl groups is 1. The molecule has 1 aromatic rings. The molecule has 0 aliphatic rings. The van der Waals surface area contributed by atoms with E-state index in [4.69, 9.17) is 4.74 Å². The molecule has 0 heterocycles. The van der Waals surface area contributed by atoms with Crippen LogP contribution in [0.5, 0.6) is 5.75 Å². The largest absolute Gasteiger partial charge is 0.507 e. The second-order valence-corrected chi connectivity index (χ2v) is 8.23. The normalized spacial score (nSPS) is 12.3. The average molecular weight is 470 g/mol. The van der Waals surface area contributed by atoms with E-state index in [1.807, 2.05) is 71.9 Å². The Labute approximate surface area is 208 Å². The molecule has 34 heavy (non-hydrogen) atoms. The number of carbonyl (C=O) groups excluding carboxylic acids is 1. The summed E-state index contributed by atoms with van der Waals surface area (Å²) in [7, 11) is 0. The van der Waals surface area contributed by atoms with E-state index < -0.39 is 0 Å². The van der Waals surface area contributed by atoms with Crippen LogP contribution in [0.2, 0.25) is 0 Å². The van der Waals surface area contributed by atoms with E-state index in [9.17, 15) is 9.90 Å². The summed E-state index contributed by atoms with van der Waals surface area (Å²) in [5.74, 6) is 1.31. The van der Waals surface area contributed by atoms with Gasteiger partial charge in [-0.1, -0.05) is 72.4 Å². The number of ketones is 1. The van der Waals surface area contributed by atoms with Crippen molar-refractivity contribution in [1.29, 1.82) is 0 Å². The molecule has 0 saturated carbocycles. The molecule has 0 radical (unpaired) electrons. The van der Waals surface area contributed by atoms with Gasteiger partial charge in [0.25, 0.3) is 0 Å². The van der Waals surface area contributed by atoms with Crippen LogP contribution in [0.25, 0.3) is 5.57 Å². The highest BCUT2D eigenvalue weighted by molar-refractivity contribution is 6.12. The number of allylic oxidation sites excluding steroid dienone is 6. The van der Waals surface area contributed by atoms with Gasteiger partial charge in [0, 0.05) is 18.3 Å². The van der Waals surface area contributed by atoms with E-state index in [-0.39, 0.29) is 17.1 Å². The monoisotopic (exact) mass is 469 g/mol. The molecule has 1 rings (SSSR count). The molecule has 0 unspecified atom stereocenters. The SMILES string of the molecule is C=C(/C=C(C)/C(C)=C/C(O)=C(\C=NCCC)C(C)=O)c1ccccc1OCC.CC.CC(C)C. The molecule has 0 spiro atoms. The lowest BCUT2D eigenvalue weighted by Crippen LogP contribution is -2.03. The van der Waals surface area contributed by atoms with Crippen LogP contribution >= 0.6 is 0 Å². The van der Waals surface area contributed by atoms with Crippen LogP contribution in [0.15, 0.2) is 70.5 Å². The van der Waals surface area contributed by atoms with Gasteiger partial charge in [-0.05, 0) is 68.9 Å². The van der Waals surface area contributed by atoms with Crippen LogP contribution in [-0.2, 0) is 4.79 Å². The molecule has 0 bridgehead atoms. The summed E-state index contributed by atoms with van der Waals surface area (Å²) >= 11 is 0. The lowest BCUT2D eigenvalue weighted by Gasteiger charge is -2.11. The predicted molar refractivity (Wildman–Crippen MR) is 150 cm³/mol. The molecular weight excluding hydrogens is 422 g/mol. The van der Waals surface area contributed by atoms with Crippen LogP contribution in [0, 0.1) is 5.92 Å². The van der Waals surface area contributed by atoms with Crippen LogP contribution < -0.4 is 4.74 Å². The highest BCUT2D eigenvalue weighted by Crippen LogP contribution is 2.27. The number of aliphatic hydroxyl groups excluding tert-OH is 1. The summed E-state index contributed by atoms with van der Waals surface area (Å²) < 4.78 is 5.67. The fourth-order valence-electron chi connectivity index (χ4n) is 2.49. The van der Waals surface area contributed by atoms with E-state index in [1.54, 1.807) is 6.08 Å². The van der Waals surface area contributed by atoms with Crippen LogP contribution in [-0.4, -0.2) is 30.3 Å². The summed E-state index contributed by atoms with van der Waals surface area (Å²) in [6.07, 6.45) is 5.85. The first-order valence-electron chi connectivity index (χ1n) is 12.3. The molecule has 0 amide bonds. The van der Waals surface area contributed by atoms with Crippen molar-refractivity contribution in [2.45, 2.75) is 75.7 Å². The second-order valence-electron chi connectivity index (χ2n) is 8.23. The molecule has 0 fully saturated rings. The maximum absolute atomic E-state index is 11.8. The highest BCUT2D eigenvalue weighted by atomic mass is 16.5. The van der Waals surface area contributed by atoms with Crippen molar-refractivity contribution in [2.24, 2.45) is 10.9 Å². The minimum absolute atomic E-state index is 0.0852. The van der Waals surface area contributed by atoms with Gasteiger partial charge in [0.05, 0.1) is 12.2 Å². The fraction of sp³-hybridized carbons (Fsp3) is 0.467. The van der Waals surface area contributed by atoms with Crippen LogP contribution in [0.4, 0.5) is 0 Å². The van der Waals surface area contributed by atoms with E-state index in [1.165, 1.54) is 13.1 Å². The lowest BCUT2D eigenvalue weighted by molar-refractivity contribution is -0.113. The third kappa shape index (κ3) is 14.3. The van der Waals surface area contributed by atoms with Crippen molar-refractivity contribution in [1.82, 2.24) is 0 Å². The summed E-state index contributed by atoms with van der Waals surface area (Å²) in [5, 5.41) is 10.4. The summed E-state index contributed by atoms with van der Waals surface area (Å²) in [5.41, 5.74) is 3.70. The zero-order valence-electron chi connectivity index (χ0n) is 23.2. The number of benzene rings is 1. The molecule has 1 aromatic carbocycles. The summed E-state index contributed by atoms with van der Waals surface area (Å²) in [6.45, 7) is 25.0. The number of rotatable bonds is 10. The Hall–Kier alpha value is -2.88. The zero-order chi connectivity index (χ0) is 26.7. The first kappa shape index (κ1) is 33.3. The molecule has 0 aliphatic carbocycles. The van der Waals surface area contributed by atoms with Gasteiger partial charge in [-0.3, -0.25) is 9.79 Å². The minimum atomic E-state index is -0.224. The van der Waals surface area contributed by atoms with Gasteiger partial charge in [0.15, 0.2) is 5.78 Å². The number of ether oxygens (including phenoxy) is 1. The van der Waals surface area contributed by atoms with Gasteiger partial charge in [-0.25, -0.2) is 0 Å². The highest BCUT2D eigenvalue weighted by Gasteiger charge is 2.09. The molecule has 1 N–H and O–H groups in total. The lowest BCUT2D eigenvalue weighted by atomic mass is 10.00. The Morgan fingerprint density at radius 3 is 2.09 bits per heavy atom. The van der Waals surface area contributed by atoms with Crippen LogP contribution in [0.1, 0.15) is 81.2 Å². The first-order chi connectivity index (χ1) is 16.0. The molecule has 0 aliphatic heterocycles. The maximum Gasteiger partial charge on any atom is 0.165 e. The molecule has 0 saturated heterocycles. The smallest absolute Gasteiger partial charge is 0.165 e. The standard InChI is InChI=1S/C24H31NO3.C4H10.C2H6/c1-7-13-25-16-22(20(6)26)23(27)15-18(4)17(3)14-19(5)21-11-9-10-12-24(21)28-8-2;1-4(2)3;1-2/h9-12,14-16,27H,5,7-8,13H2,1-4,6H3;4H,1-3H3;1-2H3/b17-14+,18-15+,23-22-,25-16?;;. The molecule has 0 aromatic heterocycles. The van der Waals surface area contributed by atoms with Crippen LogP contribution in [0.3, 0.4) is 0 Å². The minimum Gasteiger partial charge on any atom is -0.507 e. The van der Waals surface area contributed by atoms with Crippen molar-refractivity contribution in [3.05, 3.63) is 71.0 Å². The number of para-hydroxylation sites is 1. The van der Waals surface area contributed by atoms with Gasteiger partial charge in [-0.2, -0.15) is 0 Å². The zero-order valence-corrected chi connectivity index (χ0v) is 23.2. The van der Waals surface area contributed by atoms with E-state index in [0.717, 1.165) is 40.4 Å². The number of carbonyl (C=O) groups is 1. The van der Waals surface area contributed by atoms with Gasteiger partial charge in [0.1, 0.15) is 11.5 Å². The molecule has 4 nitrogen and oxygen atoms in total. The average Bonchev–Trinajstić information content (AvgIpc) is 2.77. The van der Waals surface area contributed by atoms with Crippen molar-refractivity contribution in [2.75, 3.05) is 13.2 Å². The van der Waals surface area contributed by atoms with Crippen molar-refractivity contribution >= 4 is 17.6 Å². The molecular formula is C30H47NO3. The number of hydrogen-bond donors (Lipinski definition) is 1. The maximum atomic E-state index is 11.8. The number of aliphatic imine (C=N–C) groups is 1. The Kier molecular flexibility index (Phi) is 19.2. The van der Waals surface area contributed by atoms with Crippen molar-refractivity contribution < 1.29 is 14.6 Å². The number of hydrogen-bond acceptors (Lipinski definition) is 4. The van der Waals surface area contributed by atoms with Crippen molar-refractivity contribution in [3.63, 3.8) is 0 Å². The third-order valence-electron chi connectivity index (χ3n) is 4.13. The topological polar surface area (TPSA) is 58.9 Å². The predicted octanol–water partition coefficient (Wildman–Crippen LogP) is 8.56. The molecule has 4 heteroatoms. The number of Topliss-reactive ketones (excluding diaryl/α,β-unsaturated/α-hetero) is 1. The van der Waals surface area contributed by atoms with Crippen molar-refractivity contribution in [3.8, 4) is 5.75 Å². The molecule has 190 valence electrons. The van der Waals surface area contributed by atoms with E-state index in [0.29, 0.717) is 13.2 Å². The third-order valence-corrected chi connectivity index (χ3v) is 4.13. The van der Waals surface area contributed by atoms with Gasteiger partial charge >= 0.3 is 0 Å². The number of nitrogens with zero attached hydrogens (tertiary/aromatic N) is 1. The Morgan fingerprint density at radius 2 is 1.59 bits per heavy atom. The van der Waals surface area contributed by atoms with Gasteiger partial charge in [0.2, 0.25) is 0 Å². The first-order valence-corrected chi connectivity index (χ1v) is 12.3. The van der Waals surface area contributed by atoms with Gasteiger partial charge in [-0.15, -0.1) is 0 Å². The molecule has 0 atom stereocenters. The second kappa shape index (κ2) is 19.6. The summed E-state index contributed by atoms with van der Waals surface area (Å²) in [6, 6.07) is 7.75. The fourth-order valence-corrected chi connectivity index (χ4v) is 2.49. The van der Waals surface area contributed by atoms with E-state index >= 15 is 0 Å². The Balaban J connectivity index is 0. The van der Waals surface area contributed by atoms with Gasteiger partial charge < -0.3 is 9.84 Å². The Bertz CT molecular complexity index is 868. The Morgan fingerprint density at radius 1 is 1.06 bits per heavy atom. The quantitative estimate of drug-likeness (QED) is 0.162.